The second-order valence-corrected chi connectivity index (χ2v) is 9.98. The smallest absolute Gasteiger partial charge is 0.497 e. The van der Waals surface area contributed by atoms with Gasteiger partial charge in [-0.15, -0.1) is 0 Å². The minimum Gasteiger partial charge on any atom is -0.497 e. The summed E-state index contributed by atoms with van der Waals surface area (Å²) in [5.41, 5.74) is 0. The van der Waals surface area contributed by atoms with Crippen molar-refractivity contribution in [3.63, 3.8) is 0 Å². The van der Waals surface area contributed by atoms with Crippen LogP contribution in [0.4, 0.5) is 0 Å². The van der Waals surface area contributed by atoms with Crippen LogP contribution in [0.2, 0.25) is 0 Å². The Morgan fingerprint density at radius 2 is 1.92 bits per heavy atom. The summed E-state index contributed by atoms with van der Waals surface area (Å²) in [4.78, 5) is 0. The van der Waals surface area contributed by atoms with E-state index in [1.165, 1.54) is 0 Å². The van der Waals surface area contributed by atoms with Gasteiger partial charge in [-0.2, -0.15) is 0 Å². The Hall–Kier alpha value is 0.546. The van der Waals surface area contributed by atoms with Crippen LogP contribution in [0.1, 0.15) is 0 Å². The average molecular weight is 321 g/mol. The van der Waals surface area contributed by atoms with E-state index >= 15 is 0 Å². The van der Waals surface area contributed by atoms with E-state index in [9.17, 15) is 0 Å². The number of halogens is 2. The number of methoxy groups -OCH3 is 2. The first-order chi connectivity index (χ1) is 6.28. The molecule has 0 heterocycles. The van der Waals surface area contributed by atoms with Crippen molar-refractivity contribution in [2.24, 2.45) is 0 Å². The molecule has 1 rings (SSSR count). The van der Waals surface area contributed by atoms with Gasteiger partial charge in [0.1, 0.15) is 11.5 Å². The highest BCUT2D eigenvalue weighted by molar-refractivity contribution is 9.47. The van der Waals surface area contributed by atoms with E-state index in [4.69, 9.17) is 9.47 Å². The van der Waals surface area contributed by atoms with Gasteiger partial charge in [0.05, 0.1) is 14.2 Å². The van der Waals surface area contributed by atoms with Crippen molar-refractivity contribution in [2.45, 2.75) is 0 Å². The van der Waals surface area contributed by atoms with Crippen LogP contribution < -0.4 is 9.47 Å². The van der Waals surface area contributed by atoms with Gasteiger partial charge in [0.15, 0.2) is 0 Å². The van der Waals surface area contributed by atoms with Crippen LogP contribution in [0, 0.1) is 6.07 Å². The zero-order chi connectivity index (χ0) is 10.1. The highest BCUT2D eigenvalue weighted by Crippen LogP contribution is 2.16. The second kappa shape index (κ2) is 9.12. The van der Waals surface area contributed by atoms with E-state index in [0.717, 1.165) is 5.75 Å². The summed E-state index contributed by atoms with van der Waals surface area (Å²) in [6, 6.07) is 8.25. The lowest BCUT2D eigenvalue weighted by Crippen LogP contribution is -1.85. The minimum atomic E-state index is 0.0417. The van der Waals surface area contributed by atoms with Crippen LogP contribution in [-0.2, 0) is 0 Å². The lowest BCUT2D eigenvalue weighted by molar-refractivity contribution is 0.394. The largest absolute Gasteiger partial charge is 0.560 e. The Labute approximate surface area is 100 Å². The van der Waals surface area contributed by atoms with Gasteiger partial charge in [-0.25, -0.2) is 0 Å². The average Bonchev–Trinajstić information content (AvgIpc) is 2.19. The summed E-state index contributed by atoms with van der Waals surface area (Å²) in [5.74, 6) is 1.48. The first kappa shape index (κ1) is 13.5. The molecule has 0 N–H and O–H groups in total. The van der Waals surface area contributed by atoms with Crippen molar-refractivity contribution in [2.75, 3.05) is 14.2 Å². The molecule has 13 heavy (non-hydrogen) atoms. The molecule has 2 nitrogen and oxygen atoms in total. The summed E-state index contributed by atoms with van der Waals surface area (Å²) in [6.07, 6.45) is 0. The molecule has 0 aromatic heterocycles. The fraction of sp³-hybridized carbons (Fsp3) is 0.250. The number of rotatable bonds is 2. The highest BCUT2D eigenvalue weighted by atomic mass is 79.9. The van der Waals surface area contributed by atoms with Crippen molar-refractivity contribution in [3.05, 3.63) is 24.3 Å². The van der Waals surface area contributed by atoms with Crippen LogP contribution in [0.15, 0.2) is 18.2 Å². The SMILES string of the molecule is COc1[c]ccc(OC)c1.[Br][Mg][Br]. The first-order valence-corrected chi connectivity index (χ1v) is 11.3. The molecule has 0 unspecified atom stereocenters. The quantitative estimate of drug-likeness (QED) is 0.780. The van der Waals surface area contributed by atoms with E-state index in [1.54, 1.807) is 26.4 Å². The molecule has 0 fully saturated rings. The molecule has 0 aliphatic heterocycles. The molecule has 0 saturated heterocycles. The van der Waals surface area contributed by atoms with Crippen LogP contribution >= 0.6 is 25.8 Å². The number of hydrogen-bond donors (Lipinski definition) is 0. The molecule has 1 aromatic carbocycles. The monoisotopic (exact) mass is 319 g/mol. The first-order valence-electron chi connectivity index (χ1n) is 3.50. The van der Waals surface area contributed by atoms with Crippen molar-refractivity contribution >= 4 is 41.8 Å². The topological polar surface area (TPSA) is 18.5 Å². The van der Waals surface area contributed by atoms with E-state index in [-0.39, 0.29) is 16.0 Å². The molecular weight excluding hydrogens is 312 g/mol. The van der Waals surface area contributed by atoms with Gasteiger partial charge >= 0.3 is 16.0 Å². The molecule has 0 atom stereocenters. The second-order valence-electron chi connectivity index (χ2n) is 1.90. The molecule has 1 radical (unpaired) electrons. The van der Waals surface area contributed by atoms with Gasteiger partial charge in [-0.1, -0.05) is 0 Å². The highest BCUT2D eigenvalue weighted by Gasteiger charge is 1.92. The van der Waals surface area contributed by atoms with Gasteiger partial charge in [-0.3, -0.25) is 25.8 Å². The maximum Gasteiger partial charge on any atom is 0.560 e. The predicted molar refractivity (Wildman–Crippen MR) is 62.0 cm³/mol. The molecule has 1 aromatic rings. The van der Waals surface area contributed by atoms with Crippen molar-refractivity contribution < 1.29 is 9.47 Å². The number of ether oxygens (including phenoxy) is 2. The number of hydrogen-bond acceptors (Lipinski definition) is 2. The van der Waals surface area contributed by atoms with E-state index in [0.29, 0.717) is 5.75 Å². The molecule has 0 bridgehead atoms. The molecular formula is C8H9Br2MgO2. The molecule has 0 amide bonds. The summed E-state index contributed by atoms with van der Waals surface area (Å²) in [5, 5.41) is 0. The van der Waals surface area contributed by atoms with Crippen molar-refractivity contribution in [1.29, 1.82) is 0 Å². The van der Waals surface area contributed by atoms with Gasteiger partial charge < -0.3 is 9.47 Å². The third-order valence-corrected chi connectivity index (χ3v) is 1.20. The van der Waals surface area contributed by atoms with Crippen LogP contribution in [0.25, 0.3) is 0 Å². The Bertz CT molecular complexity index is 214. The van der Waals surface area contributed by atoms with E-state index in [2.05, 4.69) is 31.8 Å². The predicted octanol–water partition coefficient (Wildman–Crippen LogP) is 2.81. The van der Waals surface area contributed by atoms with Gasteiger partial charge in [0.2, 0.25) is 0 Å². The standard InChI is InChI=1S/C8H9O2.2BrH.Mg/c1-9-7-4-3-5-8(6-7)10-2;;;/h3-4,6H,1-2H3;2*1H;/q;;;+2/p-2. The molecule has 69 valence electrons. The maximum atomic E-state index is 4.96. The Morgan fingerprint density at radius 1 is 1.31 bits per heavy atom. The lowest BCUT2D eigenvalue weighted by Gasteiger charge is -2.00. The zero-order valence-electron chi connectivity index (χ0n) is 7.51. The van der Waals surface area contributed by atoms with Crippen molar-refractivity contribution in [3.8, 4) is 11.5 Å². The van der Waals surface area contributed by atoms with Crippen LogP contribution in [-0.4, -0.2) is 30.2 Å². The summed E-state index contributed by atoms with van der Waals surface area (Å²) >= 11 is 6.44. The van der Waals surface area contributed by atoms with Crippen molar-refractivity contribution in [1.82, 2.24) is 0 Å². The van der Waals surface area contributed by atoms with Gasteiger partial charge in [0.25, 0.3) is 0 Å². The van der Waals surface area contributed by atoms with Crippen LogP contribution in [0.5, 0.6) is 11.5 Å². The van der Waals surface area contributed by atoms with Gasteiger partial charge in [0, 0.05) is 12.1 Å². The van der Waals surface area contributed by atoms with Gasteiger partial charge in [-0.05, 0) is 12.1 Å². The molecule has 5 heteroatoms. The molecule has 0 aliphatic carbocycles. The number of benzene rings is 1. The van der Waals surface area contributed by atoms with Crippen LogP contribution in [0.3, 0.4) is 0 Å². The third kappa shape index (κ3) is 6.59. The Balaban J connectivity index is 0.000000424. The summed E-state index contributed by atoms with van der Waals surface area (Å²) in [7, 11) is 3.22. The fourth-order valence-electron chi connectivity index (χ4n) is 0.670. The van der Waals surface area contributed by atoms with E-state index < -0.39 is 0 Å². The molecule has 0 saturated carbocycles. The fourth-order valence-corrected chi connectivity index (χ4v) is 0.670. The maximum absolute atomic E-state index is 4.96. The summed E-state index contributed by atoms with van der Waals surface area (Å²) < 4.78 is 9.88. The molecule has 0 spiro atoms. The summed E-state index contributed by atoms with van der Waals surface area (Å²) in [6.45, 7) is 0. The minimum absolute atomic E-state index is 0.0417. The normalized spacial score (nSPS) is 7.69. The Morgan fingerprint density at radius 3 is 2.38 bits per heavy atom. The lowest BCUT2D eigenvalue weighted by atomic mass is 10.3. The third-order valence-electron chi connectivity index (χ3n) is 1.20. The van der Waals surface area contributed by atoms with E-state index in [1.807, 2.05) is 6.07 Å². The molecule has 0 aliphatic rings. The zero-order valence-corrected chi connectivity index (χ0v) is 12.1. The Kier molecular flexibility index (Phi) is 9.50.